The van der Waals surface area contributed by atoms with E-state index in [1.54, 1.807) is 23.1 Å². The predicted molar refractivity (Wildman–Crippen MR) is 119 cm³/mol. The molecule has 0 spiro atoms. The molecule has 7 nitrogen and oxygen atoms in total. The van der Waals surface area contributed by atoms with Crippen LogP contribution in [0, 0.1) is 11.8 Å². The Balaban J connectivity index is 1.68. The molecule has 162 valence electrons. The van der Waals surface area contributed by atoms with Crippen molar-refractivity contribution in [2.24, 2.45) is 11.8 Å². The molecule has 30 heavy (non-hydrogen) atoms. The molecule has 1 aliphatic heterocycles. The Morgan fingerprint density at radius 1 is 1.17 bits per heavy atom. The molecular weight excluding hydrogens is 492 g/mol. The summed E-state index contributed by atoms with van der Waals surface area (Å²) in [5, 5.41) is 0. The minimum absolute atomic E-state index is 0.0462. The smallest absolute Gasteiger partial charge is 0.340 e. The lowest BCUT2D eigenvalue weighted by Gasteiger charge is -2.34. The van der Waals surface area contributed by atoms with Gasteiger partial charge in [-0.2, -0.15) is 0 Å². The topological polar surface area (TPSA) is 92.8 Å². The number of nitrogens with zero attached hydrogens (tertiary/aromatic N) is 1. The third-order valence-corrected chi connectivity index (χ3v) is 8.23. The maximum atomic E-state index is 12.6. The van der Waals surface area contributed by atoms with E-state index in [2.05, 4.69) is 34.5 Å². The third-order valence-electron chi connectivity index (χ3n) is 4.75. The molecule has 3 rings (SSSR count). The zero-order valence-corrected chi connectivity index (χ0v) is 19.8. The van der Waals surface area contributed by atoms with Gasteiger partial charge in [0.05, 0.1) is 15.0 Å². The molecule has 1 aliphatic rings. The maximum absolute atomic E-state index is 12.6. The van der Waals surface area contributed by atoms with Crippen LogP contribution in [0.1, 0.15) is 30.6 Å². The van der Waals surface area contributed by atoms with Gasteiger partial charge in [0.2, 0.25) is 0 Å². The monoisotopic (exact) mass is 514 g/mol. The van der Waals surface area contributed by atoms with Crippen molar-refractivity contribution >= 4 is 54.9 Å². The molecule has 0 saturated carbocycles. The van der Waals surface area contributed by atoms with Crippen molar-refractivity contribution in [3.63, 3.8) is 0 Å². The number of ether oxygens (including phenoxy) is 1. The number of amides is 1. The van der Waals surface area contributed by atoms with Crippen molar-refractivity contribution in [1.82, 2.24) is 4.90 Å². The van der Waals surface area contributed by atoms with Crippen LogP contribution in [-0.4, -0.2) is 44.9 Å². The van der Waals surface area contributed by atoms with Crippen LogP contribution in [0.3, 0.4) is 0 Å². The largest absolute Gasteiger partial charge is 0.452 e. The number of sulfonamides is 1. The molecule has 1 saturated heterocycles. The number of piperidine rings is 1. The van der Waals surface area contributed by atoms with Crippen LogP contribution < -0.4 is 4.72 Å². The van der Waals surface area contributed by atoms with Gasteiger partial charge in [-0.25, -0.2) is 13.2 Å². The molecular formula is C20H23BrN2O5S2. The van der Waals surface area contributed by atoms with E-state index >= 15 is 0 Å². The Morgan fingerprint density at radius 2 is 1.83 bits per heavy atom. The number of halogens is 1. The first-order chi connectivity index (χ1) is 14.2. The first-order valence-corrected chi connectivity index (χ1v) is 12.6. The van der Waals surface area contributed by atoms with Gasteiger partial charge in [0.15, 0.2) is 6.61 Å². The summed E-state index contributed by atoms with van der Waals surface area (Å²) in [7, 11) is -3.85. The normalized spacial score (nSPS) is 19.4. The highest BCUT2D eigenvalue weighted by atomic mass is 79.9. The number of nitrogens with one attached hydrogen (secondary N) is 1. The van der Waals surface area contributed by atoms with Crippen molar-refractivity contribution in [3.8, 4) is 0 Å². The second kappa shape index (κ2) is 9.49. The molecule has 2 heterocycles. The molecule has 1 fully saturated rings. The molecule has 2 unspecified atom stereocenters. The number of hydrogen-bond acceptors (Lipinski definition) is 6. The molecule has 1 aromatic carbocycles. The van der Waals surface area contributed by atoms with Crippen molar-refractivity contribution < 1.29 is 22.7 Å². The summed E-state index contributed by atoms with van der Waals surface area (Å²) in [4.78, 5) is 26.8. The molecule has 2 aromatic rings. The Labute approximate surface area is 188 Å². The van der Waals surface area contributed by atoms with E-state index in [1.165, 1.54) is 18.2 Å². The zero-order valence-electron chi connectivity index (χ0n) is 16.6. The van der Waals surface area contributed by atoms with Gasteiger partial charge >= 0.3 is 5.97 Å². The lowest BCUT2D eigenvalue weighted by molar-refractivity contribution is -0.137. The second-order valence-electron chi connectivity index (χ2n) is 7.53. The number of para-hydroxylation sites is 1. The summed E-state index contributed by atoms with van der Waals surface area (Å²) in [6, 6.07) is 9.25. The van der Waals surface area contributed by atoms with E-state index < -0.39 is 16.0 Å². The fraction of sp³-hybridized carbons (Fsp3) is 0.400. The van der Waals surface area contributed by atoms with Gasteiger partial charge in [0, 0.05) is 13.1 Å². The lowest BCUT2D eigenvalue weighted by atomic mass is 9.92. The van der Waals surface area contributed by atoms with Gasteiger partial charge < -0.3 is 9.64 Å². The molecule has 10 heteroatoms. The Morgan fingerprint density at radius 3 is 2.47 bits per heavy atom. The fourth-order valence-electron chi connectivity index (χ4n) is 3.55. The van der Waals surface area contributed by atoms with Crippen molar-refractivity contribution in [2.45, 2.75) is 24.5 Å². The highest BCUT2D eigenvalue weighted by molar-refractivity contribution is 9.11. The average Bonchev–Trinajstić information content (AvgIpc) is 3.12. The minimum atomic E-state index is -3.85. The summed E-state index contributed by atoms with van der Waals surface area (Å²) in [6.07, 6.45) is 1.07. The minimum Gasteiger partial charge on any atom is -0.452 e. The van der Waals surface area contributed by atoms with Gasteiger partial charge in [-0.1, -0.05) is 26.0 Å². The fourth-order valence-corrected chi connectivity index (χ4v) is 6.64. The first kappa shape index (κ1) is 22.8. The number of carbonyl (C=O) groups excluding carboxylic acids is 2. The number of rotatable bonds is 6. The summed E-state index contributed by atoms with van der Waals surface area (Å²) in [5.41, 5.74) is 0.143. The number of anilines is 1. The van der Waals surface area contributed by atoms with Gasteiger partial charge in [0.1, 0.15) is 4.21 Å². The van der Waals surface area contributed by atoms with Gasteiger partial charge in [-0.3, -0.25) is 9.52 Å². The SMILES string of the molecule is CC1CC(C)CN(C(=O)COC(=O)c2ccccc2NS(=O)(=O)c2ccc(Br)s2)C1. The molecule has 1 aromatic heterocycles. The number of thiophene rings is 1. The standard InChI is InChI=1S/C20H23BrN2O5S2/c1-13-9-14(2)11-23(10-13)18(24)12-28-20(25)15-5-3-4-6-16(15)22-30(26,27)19-8-7-17(21)29-19/h3-8,13-14,22H,9-12H2,1-2H3. The molecule has 0 bridgehead atoms. The molecule has 0 radical (unpaired) electrons. The van der Waals surface area contributed by atoms with E-state index in [9.17, 15) is 18.0 Å². The van der Waals surface area contributed by atoms with Crippen LogP contribution in [0.4, 0.5) is 5.69 Å². The predicted octanol–water partition coefficient (Wildman–Crippen LogP) is 3.97. The van der Waals surface area contributed by atoms with E-state index in [1.807, 2.05) is 0 Å². The highest BCUT2D eigenvalue weighted by Gasteiger charge is 2.27. The Hall–Kier alpha value is -1.91. The zero-order chi connectivity index (χ0) is 21.9. The van der Waals surface area contributed by atoms with Crippen LogP contribution in [-0.2, 0) is 19.6 Å². The van der Waals surface area contributed by atoms with E-state index in [0.29, 0.717) is 28.7 Å². The summed E-state index contributed by atoms with van der Waals surface area (Å²) < 4.78 is 33.6. The quantitative estimate of drug-likeness (QED) is 0.588. The van der Waals surface area contributed by atoms with Gasteiger partial charge in [-0.15, -0.1) is 11.3 Å². The molecule has 1 N–H and O–H groups in total. The molecule has 1 amide bonds. The number of benzene rings is 1. The van der Waals surface area contributed by atoms with Crippen molar-refractivity contribution in [2.75, 3.05) is 24.4 Å². The van der Waals surface area contributed by atoms with Crippen molar-refractivity contribution in [3.05, 3.63) is 45.7 Å². The van der Waals surface area contributed by atoms with Crippen LogP contribution in [0.25, 0.3) is 0 Å². The third kappa shape index (κ3) is 5.61. The van der Waals surface area contributed by atoms with Crippen LogP contribution in [0.15, 0.2) is 44.4 Å². The number of likely N-dealkylation sites (tertiary alicyclic amines) is 1. The summed E-state index contributed by atoms with van der Waals surface area (Å²) >= 11 is 4.30. The van der Waals surface area contributed by atoms with E-state index in [0.717, 1.165) is 17.8 Å². The van der Waals surface area contributed by atoms with Gasteiger partial charge in [0.25, 0.3) is 15.9 Å². The molecule has 2 atom stereocenters. The Bertz CT molecular complexity index is 1030. The first-order valence-electron chi connectivity index (χ1n) is 9.48. The van der Waals surface area contributed by atoms with Crippen LogP contribution >= 0.6 is 27.3 Å². The number of hydrogen-bond donors (Lipinski definition) is 1. The second-order valence-corrected chi connectivity index (χ2v) is 11.9. The van der Waals surface area contributed by atoms with E-state index in [4.69, 9.17) is 4.74 Å². The van der Waals surface area contributed by atoms with E-state index in [-0.39, 0.29) is 28.0 Å². The number of esters is 1. The van der Waals surface area contributed by atoms with Crippen molar-refractivity contribution in [1.29, 1.82) is 0 Å². The number of carbonyl (C=O) groups is 2. The summed E-state index contributed by atoms with van der Waals surface area (Å²) in [6.45, 7) is 5.10. The summed E-state index contributed by atoms with van der Waals surface area (Å²) in [5.74, 6) is -0.197. The molecule has 0 aliphatic carbocycles. The van der Waals surface area contributed by atoms with Gasteiger partial charge in [-0.05, 0) is 58.5 Å². The lowest BCUT2D eigenvalue weighted by Crippen LogP contribution is -2.44. The average molecular weight is 515 g/mol. The Kier molecular flexibility index (Phi) is 7.20. The highest BCUT2D eigenvalue weighted by Crippen LogP contribution is 2.28. The van der Waals surface area contributed by atoms with Crippen LogP contribution in [0.2, 0.25) is 0 Å². The van der Waals surface area contributed by atoms with Crippen LogP contribution in [0.5, 0.6) is 0 Å². The maximum Gasteiger partial charge on any atom is 0.340 e.